The van der Waals surface area contributed by atoms with Crippen molar-refractivity contribution in [1.29, 1.82) is 0 Å². The number of nitrogens with one attached hydrogen (secondary N) is 2. The second-order valence-electron chi connectivity index (χ2n) is 6.62. The lowest BCUT2D eigenvalue weighted by Gasteiger charge is -2.20. The molecule has 142 valence electrons. The zero-order valence-electron chi connectivity index (χ0n) is 15.7. The van der Waals surface area contributed by atoms with Crippen LogP contribution in [0.1, 0.15) is 28.3 Å². The van der Waals surface area contributed by atoms with Crippen LogP contribution in [0.4, 0.5) is 5.69 Å². The highest BCUT2D eigenvalue weighted by molar-refractivity contribution is 6.41. The lowest BCUT2D eigenvalue weighted by Crippen LogP contribution is -2.38. The molecule has 0 radical (unpaired) electrons. The molecular weight excluding hydrogens is 372 g/mol. The molecule has 0 aliphatic carbocycles. The third kappa shape index (κ3) is 4.59. The van der Waals surface area contributed by atoms with Gasteiger partial charge in [-0.05, 0) is 42.2 Å². The number of aryl methyl sites for hydroxylation is 2. The maximum atomic E-state index is 12.6. The molecule has 0 bridgehead atoms. The van der Waals surface area contributed by atoms with E-state index >= 15 is 0 Å². The van der Waals surface area contributed by atoms with Crippen LogP contribution < -0.4 is 10.6 Å². The molecule has 2 N–H and O–H groups in total. The van der Waals surface area contributed by atoms with Crippen molar-refractivity contribution < 1.29 is 9.59 Å². The van der Waals surface area contributed by atoms with E-state index in [1.807, 2.05) is 80.6 Å². The molecule has 0 spiro atoms. The summed E-state index contributed by atoms with van der Waals surface area (Å²) >= 11 is 6.23. The van der Waals surface area contributed by atoms with Crippen molar-refractivity contribution in [1.82, 2.24) is 5.32 Å². The topological polar surface area (TPSA) is 58.2 Å². The third-order valence-electron chi connectivity index (χ3n) is 4.42. The van der Waals surface area contributed by atoms with Crippen LogP contribution in [0, 0.1) is 13.8 Å². The Morgan fingerprint density at radius 1 is 0.821 bits per heavy atom. The molecule has 5 heteroatoms. The van der Waals surface area contributed by atoms with Gasteiger partial charge in [-0.3, -0.25) is 9.59 Å². The number of carbonyl (C=O) groups excluding carboxylic acids is 2. The van der Waals surface area contributed by atoms with Gasteiger partial charge in [0.05, 0.1) is 16.8 Å². The maximum Gasteiger partial charge on any atom is 0.313 e. The average molecular weight is 393 g/mol. The lowest BCUT2D eigenvalue weighted by atomic mass is 9.98. The van der Waals surface area contributed by atoms with Gasteiger partial charge in [0.15, 0.2) is 0 Å². The first kappa shape index (κ1) is 19.6. The summed E-state index contributed by atoms with van der Waals surface area (Å²) in [6.45, 7) is 3.75. The standard InChI is InChI=1S/C23H21ClN2O2/c1-15-13-16(2)20(19(24)14-15)25-22(27)23(28)26-21(17-9-5-3-6-10-17)18-11-7-4-8-12-18/h3-14,21H,1-2H3,(H,25,27)(H,26,28). The molecule has 3 rings (SSSR count). The van der Waals surface area contributed by atoms with Gasteiger partial charge in [0.2, 0.25) is 0 Å². The molecule has 0 heterocycles. The van der Waals surface area contributed by atoms with Crippen molar-refractivity contribution in [3.05, 3.63) is 100 Å². The monoisotopic (exact) mass is 392 g/mol. The summed E-state index contributed by atoms with van der Waals surface area (Å²) in [4.78, 5) is 25.1. The van der Waals surface area contributed by atoms with Crippen LogP contribution in [0.25, 0.3) is 0 Å². The van der Waals surface area contributed by atoms with Gasteiger partial charge in [-0.1, -0.05) is 78.3 Å². The first-order chi connectivity index (χ1) is 13.5. The molecule has 0 saturated carbocycles. The van der Waals surface area contributed by atoms with Crippen molar-refractivity contribution in [2.24, 2.45) is 0 Å². The first-order valence-electron chi connectivity index (χ1n) is 8.94. The normalized spacial score (nSPS) is 10.6. The van der Waals surface area contributed by atoms with E-state index in [9.17, 15) is 9.59 Å². The van der Waals surface area contributed by atoms with Crippen LogP contribution in [0.3, 0.4) is 0 Å². The van der Waals surface area contributed by atoms with E-state index in [0.717, 1.165) is 22.3 Å². The fourth-order valence-electron chi connectivity index (χ4n) is 3.09. The molecule has 0 fully saturated rings. The maximum absolute atomic E-state index is 12.6. The van der Waals surface area contributed by atoms with Gasteiger partial charge >= 0.3 is 11.8 Å². The molecule has 0 aliphatic rings. The summed E-state index contributed by atoms with van der Waals surface area (Å²) < 4.78 is 0. The van der Waals surface area contributed by atoms with E-state index in [1.165, 1.54) is 0 Å². The van der Waals surface area contributed by atoms with Crippen LogP contribution >= 0.6 is 11.6 Å². The number of halogens is 1. The Kier molecular flexibility index (Phi) is 6.12. The highest BCUT2D eigenvalue weighted by atomic mass is 35.5. The van der Waals surface area contributed by atoms with E-state index < -0.39 is 17.9 Å². The van der Waals surface area contributed by atoms with E-state index in [2.05, 4.69) is 10.6 Å². The van der Waals surface area contributed by atoms with E-state index in [-0.39, 0.29) is 0 Å². The van der Waals surface area contributed by atoms with Crippen LogP contribution in [-0.4, -0.2) is 11.8 Å². The minimum atomic E-state index is -0.759. The van der Waals surface area contributed by atoms with E-state index in [0.29, 0.717) is 10.7 Å². The SMILES string of the molecule is Cc1cc(C)c(NC(=O)C(=O)NC(c2ccccc2)c2ccccc2)c(Cl)c1. The summed E-state index contributed by atoms with van der Waals surface area (Å²) in [5.74, 6) is -1.49. The molecule has 4 nitrogen and oxygen atoms in total. The first-order valence-corrected chi connectivity index (χ1v) is 9.32. The zero-order chi connectivity index (χ0) is 20.1. The third-order valence-corrected chi connectivity index (χ3v) is 4.72. The van der Waals surface area contributed by atoms with Crippen LogP contribution in [-0.2, 0) is 9.59 Å². The summed E-state index contributed by atoms with van der Waals surface area (Å²) in [7, 11) is 0. The minimum Gasteiger partial charge on any atom is -0.337 e. The van der Waals surface area contributed by atoms with Crippen molar-refractivity contribution in [2.75, 3.05) is 5.32 Å². The van der Waals surface area contributed by atoms with Gasteiger partial charge in [0, 0.05) is 0 Å². The molecular formula is C23H21ClN2O2. The highest BCUT2D eigenvalue weighted by Gasteiger charge is 2.22. The van der Waals surface area contributed by atoms with Crippen molar-refractivity contribution >= 4 is 29.1 Å². The van der Waals surface area contributed by atoms with E-state index in [4.69, 9.17) is 11.6 Å². The summed E-state index contributed by atoms with van der Waals surface area (Å²) in [5, 5.41) is 5.86. The van der Waals surface area contributed by atoms with Gasteiger partial charge in [-0.25, -0.2) is 0 Å². The molecule has 3 aromatic rings. The molecule has 0 atom stereocenters. The molecule has 28 heavy (non-hydrogen) atoms. The van der Waals surface area contributed by atoms with Gasteiger partial charge < -0.3 is 10.6 Å². The molecule has 0 unspecified atom stereocenters. The Labute approximate surface area is 169 Å². The number of benzene rings is 3. The second-order valence-corrected chi connectivity index (χ2v) is 7.03. The Hall–Kier alpha value is -3.11. The van der Waals surface area contributed by atoms with Gasteiger partial charge in [-0.2, -0.15) is 0 Å². The Balaban J connectivity index is 1.82. The van der Waals surface area contributed by atoms with Crippen molar-refractivity contribution in [3.63, 3.8) is 0 Å². The van der Waals surface area contributed by atoms with Crippen molar-refractivity contribution in [2.45, 2.75) is 19.9 Å². The summed E-state index contributed by atoms with van der Waals surface area (Å²) in [6.07, 6.45) is 0. The number of hydrogen-bond acceptors (Lipinski definition) is 2. The smallest absolute Gasteiger partial charge is 0.313 e. The average Bonchev–Trinajstić information content (AvgIpc) is 2.69. The quantitative estimate of drug-likeness (QED) is 0.626. The Bertz CT molecular complexity index is 925. The largest absolute Gasteiger partial charge is 0.337 e. The number of rotatable bonds is 4. The summed E-state index contributed by atoms with van der Waals surface area (Å²) in [5.41, 5.74) is 4.01. The molecule has 0 aliphatic heterocycles. The van der Waals surface area contributed by atoms with Crippen LogP contribution in [0.2, 0.25) is 5.02 Å². The van der Waals surface area contributed by atoms with Gasteiger partial charge in [0.25, 0.3) is 0 Å². The molecule has 0 aromatic heterocycles. The Morgan fingerprint density at radius 2 is 1.36 bits per heavy atom. The lowest BCUT2D eigenvalue weighted by molar-refractivity contribution is -0.136. The summed E-state index contributed by atoms with van der Waals surface area (Å²) in [6, 6.07) is 22.3. The molecule has 0 saturated heterocycles. The van der Waals surface area contributed by atoms with Crippen LogP contribution in [0.5, 0.6) is 0 Å². The van der Waals surface area contributed by atoms with Crippen molar-refractivity contribution in [3.8, 4) is 0 Å². The number of carbonyl (C=O) groups is 2. The number of anilines is 1. The van der Waals surface area contributed by atoms with Gasteiger partial charge in [0.1, 0.15) is 0 Å². The van der Waals surface area contributed by atoms with Crippen LogP contribution in [0.15, 0.2) is 72.8 Å². The predicted molar refractivity (Wildman–Crippen MR) is 112 cm³/mol. The number of hydrogen-bond donors (Lipinski definition) is 2. The second kappa shape index (κ2) is 8.72. The minimum absolute atomic E-state index is 0.404. The molecule has 3 aromatic carbocycles. The van der Waals surface area contributed by atoms with E-state index in [1.54, 1.807) is 6.07 Å². The fourth-order valence-corrected chi connectivity index (χ4v) is 3.46. The Morgan fingerprint density at radius 3 is 1.86 bits per heavy atom. The highest BCUT2D eigenvalue weighted by Crippen LogP contribution is 2.27. The predicted octanol–water partition coefficient (Wildman–Crippen LogP) is 4.80. The number of amides is 2. The zero-order valence-corrected chi connectivity index (χ0v) is 16.5. The molecule has 2 amide bonds. The van der Waals surface area contributed by atoms with Gasteiger partial charge in [-0.15, -0.1) is 0 Å². The fraction of sp³-hybridized carbons (Fsp3) is 0.130.